The minimum atomic E-state index is -0.347. The van der Waals surface area contributed by atoms with Crippen LogP contribution in [0.5, 0.6) is 0 Å². The average molecular weight is 373 g/mol. The molecule has 0 saturated heterocycles. The summed E-state index contributed by atoms with van der Waals surface area (Å²) in [6.07, 6.45) is 2.67. The highest BCUT2D eigenvalue weighted by atomic mass is 32.1. The monoisotopic (exact) mass is 372 g/mol. The highest BCUT2D eigenvalue weighted by molar-refractivity contribution is 7.23. The number of ether oxygens (including phenoxy) is 1. The Kier molecular flexibility index (Phi) is 5.60. The molecular weight excluding hydrogens is 352 g/mol. The van der Waals surface area contributed by atoms with Crippen molar-refractivity contribution in [2.24, 2.45) is 5.92 Å². The molecule has 4 nitrogen and oxygen atoms in total. The Hall–Kier alpha value is -2.05. The molecule has 0 radical (unpaired) electrons. The van der Waals surface area contributed by atoms with Gasteiger partial charge in [0.25, 0.3) is 0 Å². The van der Waals surface area contributed by atoms with Crippen LogP contribution >= 0.6 is 22.7 Å². The molecule has 3 rings (SSSR count). The zero-order chi connectivity index (χ0) is 17.8. The van der Waals surface area contributed by atoms with E-state index in [0.717, 1.165) is 31.8 Å². The molecule has 3 aromatic rings. The van der Waals surface area contributed by atoms with E-state index in [1.165, 1.54) is 11.3 Å². The lowest BCUT2D eigenvalue weighted by Crippen LogP contribution is -2.08. The van der Waals surface area contributed by atoms with Crippen LogP contribution < -0.4 is 0 Å². The van der Waals surface area contributed by atoms with Crippen molar-refractivity contribution in [3.8, 4) is 20.5 Å². The Morgan fingerprint density at radius 2 is 1.92 bits per heavy atom. The normalized spacial score (nSPS) is 11.0. The quantitative estimate of drug-likeness (QED) is 0.550. The van der Waals surface area contributed by atoms with Crippen molar-refractivity contribution in [2.75, 3.05) is 6.61 Å². The predicted molar refractivity (Wildman–Crippen MR) is 103 cm³/mol. The second kappa shape index (κ2) is 7.89. The topological polar surface area (TPSA) is 52.1 Å². The van der Waals surface area contributed by atoms with E-state index in [2.05, 4.69) is 35.9 Å². The molecule has 0 bridgehead atoms. The molecule has 0 aliphatic heterocycles. The van der Waals surface area contributed by atoms with Crippen molar-refractivity contribution in [1.29, 1.82) is 0 Å². The van der Waals surface area contributed by atoms with Gasteiger partial charge >= 0.3 is 5.97 Å². The summed E-state index contributed by atoms with van der Waals surface area (Å²) in [7, 11) is 0. The number of rotatable bonds is 6. The Morgan fingerprint density at radius 1 is 1.16 bits per heavy atom. The van der Waals surface area contributed by atoms with Gasteiger partial charge in [-0.2, -0.15) is 0 Å². The van der Waals surface area contributed by atoms with Gasteiger partial charge in [0.15, 0.2) is 15.7 Å². The fraction of sp³-hybridized carbons (Fsp3) is 0.316. The van der Waals surface area contributed by atoms with Gasteiger partial charge in [-0.05, 0) is 24.8 Å². The van der Waals surface area contributed by atoms with E-state index in [1.54, 1.807) is 18.3 Å². The number of aromatic nitrogens is 2. The molecule has 0 atom stereocenters. The maximum absolute atomic E-state index is 12.2. The fourth-order valence-electron chi connectivity index (χ4n) is 2.42. The predicted octanol–water partition coefficient (Wildman–Crippen LogP) is 5.31. The highest BCUT2D eigenvalue weighted by Crippen LogP contribution is 2.36. The first-order valence-corrected chi connectivity index (χ1v) is 9.90. The lowest BCUT2D eigenvalue weighted by molar-refractivity contribution is 0.0519. The standard InChI is InChI=1S/C19H20N2O2S2/c1-4-23-19(22)16-14(10-12(2)3)24-18(21-16)17-20-11-15(25-17)13-8-6-5-7-9-13/h5-9,11-12H,4,10H2,1-3H3. The number of hydrogen-bond donors (Lipinski definition) is 0. The largest absolute Gasteiger partial charge is 0.461 e. The molecule has 0 aliphatic rings. The molecule has 0 N–H and O–H groups in total. The van der Waals surface area contributed by atoms with Crippen LogP contribution in [0.1, 0.15) is 36.1 Å². The van der Waals surface area contributed by atoms with E-state index in [0.29, 0.717) is 18.2 Å². The summed E-state index contributed by atoms with van der Waals surface area (Å²) in [6.45, 7) is 6.42. The van der Waals surface area contributed by atoms with Crippen LogP contribution in [0.15, 0.2) is 36.5 Å². The fourth-order valence-corrected chi connectivity index (χ4v) is 4.63. The number of benzene rings is 1. The lowest BCUT2D eigenvalue weighted by Gasteiger charge is -2.04. The molecule has 25 heavy (non-hydrogen) atoms. The van der Waals surface area contributed by atoms with Gasteiger partial charge in [-0.1, -0.05) is 44.2 Å². The van der Waals surface area contributed by atoms with E-state index in [1.807, 2.05) is 24.4 Å². The number of carbonyl (C=O) groups is 1. The van der Waals surface area contributed by atoms with E-state index in [-0.39, 0.29) is 5.97 Å². The third-order valence-corrected chi connectivity index (χ3v) is 5.77. The third-order valence-electron chi connectivity index (χ3n) is 3.51. The number of esters is 1. The molecule has 2 heterocycles. The van der Waals surface area contributed by atoms with Crippen LogP contribution in [0.25, 0.3) is 20.5 Å². The summed E-state index contributed by atoms with van der Waals surface area (Å²) >= 11 is 3.13. The zero-order valence-electron chi connectivity index (χ0n) is 14.5. The first-order valence-electron chi connectivity index (χ1n) is 8.27. The maximum Gasteiger partial charge on any atom is 0.358 e. The van der Waals surface area contributed by atoms with Gasteiger partial charge in [-0.15, -0.1) is 22.7 Å². The first-order chi connectivity index (χ1) is 12.1. The van der Waals surface area contributed by atoms with Crippen molar-refractivity contribution in [2.45, 2.75) is 27.2 Å². The van der Waals surface area contributed by atoms with Gasteiger partial charge < -0.3 is 4.74 Å². The summed E-state index contributed by atoms with van der Waals surface area (Å²) in [5.41, 5.74) is 1.57. The summed E-state index contributed by atoms with van der Waals surface area (Å²) in [6, 6.07) is 10.1. The van der Waals surface area contributed by atoms with Gasteiger partial charge in [0.05, 0.1) is 11.5 Å². The van der Waals surface area contributed by atoms with Crippen molar-refractivity contribution in [3.05, 3.63) is 47.1 Å². The summed E-state index contributed by atoms with van der Waals surface area (Å²) in [5, 5.41) is 1.62. The molecule has 2 aromatic heterocycles. The van der Waals surface area contributed by atoms with Gasteiger partial charge in [0.2, 0.25) is 0 Å². The summed E-state index contributed by atoms with van der Waals surface area (Å²) in [5.74, 6) is 0.0955. The molecule has 0 spiro atoms. The number of hydrogen-bond acceptors (Lipinski definition) is 6. The first kappa shape index (κ1) is 17.8. The van der Waals surface area contributed by atoms with Crippen molar-refractivity contribution in [1.82, 2.24) is 9.97 Å². The van der Waals surface area contributed by atoms with E-state index < -0.39 is 0 Å². The van der Waals surface area contributed by atoms with Crippen LogP contribution in [-0.2, 0) is 11.2 Å². The molecule has 130 valence electrons. The van der Waals surface area contributed by atoms with Crippen molar-refractivity contribution >= 4 is 28.6 Å². The van der Waals surface area contributed by atoms with Crippen molar-refractivity contribution < 1.29 is 9.53 Å². The van der Waals surface area contributed by atoms with Crippen molar-refractivity contribution in [3.63, 3.8) is 0 Å². The summed E-state index contributed by atoms with van der Waals surface area (Å²) < 4.78 is 5.16. The van der Waals surface area contributed by atoms with Crippen LogP contribution in [0, 0.1) is 5.92 Å². The lowest BCUT2D eigenvalue weighted by atomic mass is 10.1. The van der Waals surface area contributed by atoms with Gasteiger partial charge in [-0.3, -0.25) is 0 Å². The third kappa shape index (κ3) is 4.14. The molecule has 1 aromatic carbocycles. The number of carbonyl (C=O) groups excluding carboxylic acids is 1. The van der Waals surface area contributed by atoms with Crippen LogP contribution in [0.4, 0.5) is 0 Å². The van der Waals surface area contributed by atoms with Gasteiger partial charge in [0.1, 0.15) is 0 Å². The Morgan fingerprint density at radius 3 is 2.60 bits per heavy atom. The zero-order valence-corrected chi connectivity index (χ0v) is 16.1. The van der Waals surface area contributed by atoms with Gasteiger partial charge in [-0.25, -0.2) is 14.8 Å². The smallest absolute Gasteiger partial charge is 0.358 e. The minimum absolute atomic E-state index is 0.347. The number of nitrogens with zero attached hydrogens (tertiary/aromatic N) is 2. The second-order valence-electron chi connectivity index (χ2n) is 6.00. The van der Waals surface area contributed by atoms with Crippen LogP contribution in [0.2, 0.25) is 0 Å². The van der Waals surface area contributed by atoms with Crippen LogP contribution in [-0.4, -0.2) is 22.5 Å². The molecular formula is C19H20N2O2S2. The maximum atomic E-state index is 12.2. The molecule has 0 amide bonds. The molecule has 0 fully saturated rings. The minimum Gasteiger partial charge on any atom is -0.461 e. The van der Waals surface area contributed by atoms with E-state index >= 15 is 0 Å². The Bertz CT molecular complexity index is 853. The highest BCUT2D eigenvalue weighted by Gasteiger charge is 2.22. The SMILES string of the molecule is CCOC(=O)c1nc(-c2ncc(-c3ccccc3)s2)sc1CC(C)C. The molecule has 6 heteroatoms. The van der Waals surface area contributed by atoms with E-state index in [9.17, 15) is 4.79 Å². The molecule has 0 unspecified atom stereocenters. The molecule has 0 saturated carbocycles. The number of thiazole rings is 2. The summed E-state index contributed by atoms with van der Waals surface area (Å²) in [4.78, 5) is 23.4. The van der Waals surface area contributed by atoms with Gasteiger partial charge in [0, 0.05) is 11.1 Å². The molecule has 0 aliphatic carbocycles. The Labute approximate surface area is 155 Å². The van der Waals surface area contributed by atoms with E-state index in [4.69, 9.17) is 4.74 Å². The van der Waals surface area contributed by atoms with Crippen LogP contribution in [0.3, 0.4) is 0 Å². The Balaban J connectivity index is 1.94. The second-order valence-corrected chi connectivity index (χ2v) is 8.12. The average Bonchev–Trinajstić information content (AvgIpc) is 3.22.